The number of halogens is 3. The topological polar surface area (TPSA) is 72.5 Å². The molecule has 1 fully saturated rings. The minimum Gasteiger partial charge on any atom is -0.375 e. The first-order valence-electron chi connectivity index (χ1n) is 7.02. The van der Waals surface area contributed by atoms with Gasteiger partial charge in [-0.15, -0.1) is 0 Å². The minimum atomic E-state index is -4.42. The molecule has 1 N–H and O–H groups in total. The second-order valence-corrected chi connectivity index (χ2v) is 5.39. The van der Waals surface area contributed by atoms with Gasteiger partial charge in [-0.2, -0.15) is 23.5 Å². The van der Waals surface area contributed by atoms with E-state index in [1.165, 1.54) is 17.1 Å². The molecule has 2 heterocycles. The van der Waals surface area contributed by atoms with Gasteiger partial charge in [-0.05, 0) is 30.7 Å². The molecule has 0 amide bonds. The van der Waals surface area contributed by atoms with Crippen molar-refractivity contribution in [1.29, 1.82) is 10.7 Å². The summed E-state index contributed by atoms with van der Waals surface area (Å²) < 4.78 is 43.2. The molecule has 2 aliphatic heterocycles. The van der Waals surface area contributed by atoms with Gasteiger partial charge in [-0.3, -0.25) is 5.41 Å². The van der Waals surface area contributed by atoms with Gasteiger partial charge in [0.1, 0.15) is 11.8 Å². The van der Waals surface area contributed by atoms with E-state index >= 15 is 0 Å². The maximum atomic E-state index is 12.6. The van der Waals surface area contributed by atoms with E-state index in [2.05, 4.69) is 11.2 Å². The Morgan fingerprint density at radius 3 is 2.61 bits per heavy atom. The van der Waals surface area contributed by atoms with E-state index in [1.807, 2.05) is 0 Å². The number of alkyl halides is 3. The number of fused-ring (bicyclic) bond motifs is 1. The molecule has 1 aromatic rings. The van der Waals surface area contributed by atoms with Crippen molar-refractivity contribution in [3.8, 4) is 6.07 Å². The van der Waals surface area contributed by atoms with E-state index < -0.39 is 17.7 Å². The summed E-state index contributed by atoms with van der Waals surface area (Å²) in [6.07, 6.45) is -3.81. The average molecular weight is 322 g/mol. The summed E-state index contributed by atoms with van der Waals surface area (Å²) in [5.41, 5.74) is 0.201. The summed E-state index contributed by atoms with van der Waals surface area (Å²) >= 11 is 0. The summed E-state index contributed by atoms with van der Waals surface area (Å²) in [6.45, 7) is 0.780. The minimum absolute atomic E-state index is 0.0251. The number of hydrogen-bond donors (Lipinski definition) is 1. The largest absolute Gasteiger partial charge is 0.416 e. The monoisotopic (exact) mass is 322 g/mol. The Balaban J connectivity index is 1.95. The Morgan fingerprint density at radius 1 is 1.30 bits per heavy atom. The van der Waals surface area contributed by atoms with Crippen LogP contribution in [0.3, 0.4) is 0 Å². The van der Waals surface area contributed by atoms with E-state index in [0.29, 0.717) is 24.4 Å². The SMILES string of the molecule is N#CC1C(=N)N(c2ccc(C(F)(F)F)cc2)N=C2COCCC21. The first kappa shape index (κ1) is 15.5. The summed E-state index contributed by atoms with van der Waals surface area (Å²) in [5.74, 6) is -0.858. The van der Waals surface area contributed by atoms with Crippen LogP contribution in [0.1, 0.15) is 12.0 Å². The molecule has 0 bridgehead atoms. The van der Waals surface area contributed by atoms with E-state index in [1.54, 1.807) is 0 Å². The first-order chi connectivity index (χ1) is 10.9. The molecular formula is C15H13F3N4O. The average Bonchev–Trinajstić information content (AvgIpc) is 2.54. The van der Waals surface area contributed by atoms with Gasteiger partial charge < -0.3 is 4.74 Å². The second kappa shape index (κ2) is 5.66. The third-order valence-electron chi connectivity index (χ3n) is 3.98. The predicted octanol–water partition coefficient (Wildman–Crippen LogP) is 3.03. The molecule has 8 heteroatoms. The van der Waals surface area contributed by atoms with Crippen LogP contribution in [0.25, 0.3) is 0 Å². The van der Waals surface area contributed by atoms with E-state index in [-0.39, 0.29) is 18.4 Å². The standard InChI is InChI=1S/C15H13F3N4O/c16-15(17,18)9-1-3-10(4-2-9)22-14(20)12(7-19)11-5-6-23-8-13(11)21-22/h1-4,11-12,20H,5-6,8H2. The van der Waals surface area contributed by atoms with Gasteiger partial charge in [-0.25, -0.2) is 5.01 Å². The van der Waals surface area contributed by atoms with Gasteiger partial charge in [0.25, 0.3) is 0 Å². The highest BCUT2D eigenvalue weighted by Gasteiger charge is 2.39. The number of amidine groups is 1. The van der Waals surface area contributed by atoms with E-state index in [4.69, 9.17) is 10.1 Å². The van der Waals surface area contributed by atoms with Crippen LogP contribution in [-0.2, 0) is 10.9 Å². The zero-order valence-electron chi connectivity index (χ0n) is 12.0. The molecule has 0 radical (unpaired) electrons. The summed E-state index contributed by atoms with van der Waals surface area (Å²) in [6, 6.07) is 6.48. The van der Waals surface area contributed by atoms with Crippen molar-refractivity contribution in [1.82, 2.24) is 0 Å². The molecule has 0 saturated carbocycles. The van der Waals surface area contributed by atoms with E-state index in [0.717, 1.165) is 12.1 Å². The Kier molecular flexibility index (Phi) is 3.82. The molecule has 2 unspecified atom stereocenters. The summed E-state index contributed by atoms with van der Waals surface area (Å²) in [7, 11) is 0. The van der Waals surface area contributed by atoms with E-state index in [9.17, 15) is 18.4 Å². The first-order valence-corrected chi connectivity index (χ1v) is 7.02. The number of nitriles is 1. The molecule has 120 valence electrons. The molecule has 2 aliphatic rings. The highest BCUT2D eigenvalue weighted by Crippen LogP contribution is 2.34. The lowest BCUT2D eigenvalue weighted by Crippen LogP contribution is -2.47. The third-order valence-corrected chi connectivity index (χ3v) is 3.98. The molecule has 1 aromatic carbocycles. The normalized spacial score (nSPS) is 24.7. The molecule has 5 nitrogen and oxygen atoms in total. The van der Waals surface area contributed by atoms with Crippen LogP contribution < -0.4 is 5.01 Å². The van der Waals surface area contributed by atoms with Crippen LogP contribution in [0.2, 0.25) is 0 Å². The molecular weight excluding hydrogens is 309 g/mol. The van der Waals surface area contributed by atoms with Crippen LogP contribution in [0.5, 0.6) is 0 Å². The van der Waals surface area contributed by atoms with Crippen LogP contribution >= 0.6 is 0 Å². The van der Waals surface area contributed by atoms with Gasteiger partial charge in [0, 0.05) is 12.5 Å². The Hall–Kier alpha value is -2.40. The maximum Gasteiger partial charge on any atom is 0.416 e. The number of hydrazone groups is 1. The molecule has 3 rings (SSSR count). The number of ether oxygens (including phenoxy) is 1. The van der Waals surface area contributed by atoms with Crippen molar-refractivity contribution >= 4 is 17.2 Å². The van der Waals surface area contributed by atoms with Crippen LogP contribution in [0.4, 0.5) is 18.9 Å². The zero-order chi connectivity index (χ0) is 16.6. The fraction of sp³-hybridized carbons (Fsp3) is 0.400. The lowest BCUT2D eigenvalue weighted by atomic mass is 9.83. The molecule has 0 spiro atoms. The predicted molar refractivity (Wildman–Crippen MR) is 77.1 cm³/mol. The molecule has 0 aromatic heterocycles. The van der Waals surface area contributed by atoms with Gasteiger partial charge in [0.2, 0.25) is 0 Å². The maximum absolute atomic E-state index is 12.6. The Labute approximate surface area is 130 Å². The summed E-state index contributed by atoms with van der Waals surface area (Å²) in [4.78, 5) is 0. The highest BCUT2D eigenvalue weighted by atomic mass is 19.4. The van der Waals surface area contributed by atoms with Crippen molar-refractivity contribution in [3.05, 3.63) is 29.8 Å². The van der Waals surface area contributed by atoms with Crippen LogP contribution in [0, 0.1) is 28.6 Å². The molecule has 2 atom stereocenters. The number of hydrogen-bond acceptors (Lipinski definition) is 4. The Morgan fingerprint density at radius 2 is 2.00 bits per heavy atom. The highest BCUT2D eigenvalue weighted by molar-refractivity contribution is 6.07. The van der Waals surface area contributed by atoms with Crippen molar-refractivity contribution in [2.24, 2.45) is 16.9 Å². The lowest BCUT2D eigenvalue weighted by molar-refractivity contribution is -0.137. The number of rotatable bonds is 1. The molecule has 0 aliphatic carbocycles. The zero-order valence-corrected chi connectivity index (χ0v) is 12.0. The van der Waals surface area contributed by atoms with Gasteiger partial charge >= 0.3 is 6.18 Å². The fourth-order valence-electron chi connectivity index (χ4n) is 2.77. The van der Waals surface area contributed by atoms with Crippen molar-refractivity contribution in [2.75, 3.05) is 18.2 Å². The van der Waals surface area contributed by atoms with Gasteiger partial charge in [-0.1, -0.05) is 0 Å². The fourth-order valence-corrected chi connectivity index (χ4v) is 2.77. The molecule has 1 saturated heterocycles. The number of nitrogens with zero attached hydrogens (tertiary/aromatic N) is 3. The molecule has 23 heavy (non-hydrogen) atoms. The second-order valence-electron chi connectivity index (χ2n) is 5.39. The quantitative estimate of drug-likeness (QED) is 0.864. The summed E-state index contributed by atoms with van der Waals surface area (Å²) in [5, 5.41) is 23.1. The van der Waals surface area contributed by atoms with Crippen molar-refractivity contribution in [3.63, 3.8) is 0 Å². The van der Waals surface area contributed by atoms with Crippen LogP contribution in [0.15, 0.2) is 29.4 Å². The number of anilines is 1. The smallest absolute Gasteiger partial charge is 0.375 e. The Bertz CT molecular complexity index is 690. The lowest BCUT2D eigenvalue weighted by Gasteiger charge is -2.36. The number of nitrogens with one attached hydrogen (secondary N) is 1. The number of benzene rings is 1. The van der Waals surface area contributed by atoms with Gasteiger partial charge in [0.05, 0.1) is 29.6 Å². The van der Waals surface area contributed by atoms with Crippen molar-refractivity contribution < 1.29 is 17.9 Å². The van der Waals surface area contributed by atoms with Gasteiger partial charge in [0.15, 0.2) is 0 Å². The third kappa shape index (κ3) is 2.80. The van der Waals surface area contributed by atoms with Crippen molar-refractivity contribution in [2.45, 2.75) is 12.6 Å². The van der Waals surface area contributed by atoms with Crippen LogP contribution in [-0.4, -0.2) is 24.8 Å².